The monoisotopic (exact) mass is 298 g/mol. The minimum atomic E-state index is -0.0407. The van der Waals surface area contributed by atoms with E-state index in [1.165, 1.54) is 89.9 Å². The average Bonchev–Trinajstić information content (AvgIpc) is 2.50. The molecule has 2 unspecified atom stereocenters. The summed E-state index contributed by atoms with van der Waals surface area (Å²) in [5, 5.41) is 10.4. The van der Waals surface area contributed by atoms with E-state index in [2.05, 4.69) is 20.8 Å². The third kappa shape index (κ3) is 13.4. The molecule has 1 N–H and O–H groups in total. The van der Waals surface area contributed by atoms with Gasteiger partial charge in [-0.25, -0.2) is 0 Å². The van der Waals surface area contributed by atoms with Crippen LogP contribution in [0.2, 0.25) is 0 Å². The van der Waals surface area contributed by atoms with Crippen molar-refractivity contribution in [1.29, 1.82) is 0 Å². The normalized spacial score (nSPS) is 14.3. The lowest BCUT2D eigenvalue weighted by atomic mass is 9.88. The van der Waals surface area contributed by atoms with E-state index in [0.717, 1.165) is 6.42 Å². The number of hydrogen-bond acceptors (Lipinski definition) is 1. The van der Waals surface area contributed by atoms with Crippen LogP contribution in [-0.2, 0) is 0 Å². The number of aliphatic hydroxyl groups is 1. The van der Waals surface area contributed by atoms with Crippen molar-refractivity contribution in [2.24, 2.45) is 5.92 Å². The van der Waals surface area contributed by atoms with Gasteiger partial charge in [0, 0.05) is 0 Å². The summed E-state index contributed by atoms with van der Waals surface area (Å²) in [5.74, 6) is 0.566. The van der Waals surface area contributed by atoms with Gasteiger partial charge in [0.2, 0.25) is 0 Å². The van der Waals surface area contributed by atoms with Gasteiger partial charge in [-0.2, -0.15) is 0 Å². The highest BCUT2D eigenvalue weighted by atomic mass is 16.3. The molecule has 21 heavy (non-hydrogen) atoms. The van der Waals surface area contributed by atoms with E-state index in [-0.39, 0.29) is 6.10 Å². The molecule has 0 aromatic heterocycles. The van der Waals surface area contributed by atoms with Crippen LogP contribution < -0.4 is 0 Å². The van der Waals surface area contributed by atoms with Gasteiger partial charge in [0.25, 0.3) is 0 Å². The van der Waals surface area contributed by atoms with E-state index in [9.17, 15) is 5.11 Å². The number of rotatable bonds is 16. The Balaban J connectivity index is 3.69. The third-order valence-corrected chi connectivity index (χ3v) is 4.75. The summed E-state index contributed by atoms with van der Waals surface area (Å²) in [7, 11) is 0. The van der Waals surface area contributed by atoms with Crippen molar-refractivity contribution in [2.75, 3.05) is 0 Å². The van der Waals surface area contributed by atoms with Crippen molar-refractivity contribution in [3.8, 4) is 0 Å². The zero-order valence-corrected chi connectivity index (χ0v) is 15.2. The molecule has 1 heteroatoms. The van der Waals surface area contributed by atoms with Crippen LogP contribution in [0, 0.1) is 5.92 Å². The van der Waals surface area contributed by atoms with Crippen LogP contribution in [0.5, 0.6) is 0 Å². The first-order chi connectivity index (χ1) is 10.3. The van der Waals surface area contributed by atoms with E-state index < -0.39 is 0 Å². The van der Waals surface area contributed by atoms with Crippen molar-refractivity contribution in [2.45, 2.75) is 123 Å². The molecular formula is C20H42O. The first kappa shape index (κ1) is 21.0. The van der Waals surface area contributed by atoms with Gasteiger partial charge in [0.15, 0.2) is 0 Å². The molecule has 0 spiro atoms. The highest BCUT2D eigenvalue weighted by Gasteiger charge is 2.17. The largest absolute Gasteiger partial charge is 0.393 e. The number of hydrogen-bond donors (Lipinski definition) is 1. The molecule has 128 valence electrons. The summed E-state index contributed by atoms with van der Waals surface area (Å²) in [6.07, 6.45) is 19.5. The van der Waals surface area contributed by atoms with E-state index in [1.807, 2.05) is 0 Å². The summed E-state index contributed by atoms with van der Waals surface area (Å²) < 4.78 is 0. The zero-order chi connectivity index (χ0) is 15.8. The maximum atomic E-state index is 10.4. The molecule has 0 aromatic rings. The lowest BCUT2D eigenvalue weighted by Gasteiger charge is -2.23. The molecule has 2 atom stereocenters. The standard InChI is InChI=1S/C20H42O/c1-4-7-10-11-12-13-14-15-17-19(16-8-5-2)20(21)18-9-6-3/h19-21H,4-18H2,1-3H3. The van der Waals surface area contributed by atoms with Gasteiger partial charge >= 0.3 is 0 Å². The average molecular weight is 299 g/mol. The van der Waals surface area contributed by atoms with Crippen LogP contribution in [0.3, 0.4) is 0 Å². The van der Waals surface area contributed by atoms with Crippen LogP contribution in [0.15, 0.2) is 0 Å². The van der Waals surface area contributed by atoms with Crippen LogP contribution in [0.1, 0.15) is 117 Å². The van der Waals surface area contributed by atoms with Gasteiger partial charge in [0.1, 0.15) is 0 Å². The van der Waals surface area contributed by atoms with E-state index in [4.69, 9.17) is 0 Å². The molecule has 1 nitrogen and oxygen atoms in total. The Hall–Kier alpha value is -0.0400. The highest BCUT2D eigenvalue weighted by molar-refractivity contribution is 4.69. The van der Waals surface area contributed by atoms with Crippen LogP contribution >= 0.6 is 0 Å². The van der Waals surface area contributed by atoms with Crippen molar-refractivity contribution in [3.63, 3.8) is 0 Å². The van der Waals surface area contributed by atoms with Crippen molar-refractivity contribution >= 4 is 0 Å². The Morgan fingerprint density at radius 3 is 1.52 bits per heavy atom. The smallest absolute Gasteiger partial charge is 0.0568 e. The van der Waals surface area contributed by atoms with Crippen molar-refractivity contribution in [3.05, 3.63) is 0 Å². The molecule has 0 heterocycles. The molecule has 0 amide bonds. The fraction of sp³-hybridized carbons (Fsp3) is 1.00. The first-order valence-electron chi connectivity index (χ1n) is 9.94. The lowest BCUT2D eigenvalue weighted by Crippen LogP contribution is -2.20. The van der Waals surface area contributed by atoms with E-state index in [1.54, 1.807) is 0 Å². The third-order valence-electron chi connectivity index (χ3n) is 4.75. The molecular weight excluding hydrogens is 256 g/mol. The summed E-state index contributed by atoms with van der Waals surface area (Å²) in [6, 6.07) is 0. The zero-order valence-electron chi connectivity index (χ0n) is 15.2. The fourth-order valence-corrected chi connectivity index (χ4v) is 3.18. The summed E-state index contributed by atoms with van der Waals surface area (Å²) in [4.78, 5) is 0. The first-order valence-corrected chi connectivity index (χ1v) is 9.94. The Bertz CT molecular complexity index is 190. The predicted octanol–water partition coefficient (Wildman–Crippen LogP) is 6.87. The van der Waals surface area contributed by atoms with Gasteiger partial charge < -0.3 is 5.11 Å². The summed E-state index contributed by atoms with van der Waals surface area (Å²) in [6.45, 7) is 6.75. The summed E-state index contributed by atoms with van der Waals surface area (Å²) >= 11 is 0. The topological polar surface area (TPSA) is 20.2 Å². The van der Waals surface area contributed by atoms with Gasteiger partial charge in [-0.3, -0.25) is 0 Å². The lowest BCUT2D eigenvalue weighted by molar-refractivity contribution is 0.0838. The minimum absolute atomic E-state index is 0.0407. The van der Waals surface area contributed by atoms with Gasteiger partial charge in [0.05, 0.1) is 6.10 Å². The fourth-order valence-electron chi connectivity index (χ4n) is 3.18. The number of unbranched alkanes of at least 4 members (excludes halogenated alkanes) is 9. The SMILES string of the molecule is CCCCCCCCCCC(CCCC)C(O)CCCC. The second kappa shape index (κ2) is 16.3. The maximum Gasteiger partial charge on any atom is 0.0568 e. The van der Waals surface area contributed by atoms with E-state index >= 15 is 0 Å². The van der Waals surface area contributed by atoms with Crippen LogP contribution in [0.4, 0.5) is 0 Å². The molecule has 0 aromatic carbocycles. The van der Waals surface area contributed by atoms with E-state index in [0.29, 0.717) is 5.92 Å². The Morgan fingerprint density at radius 2 is 0.952 bits per heavy atom. The van der Waals surface area contributed by atoms with Gasteiger partial charge in [-0.1, -0.05) is 97.8 Å². The Labute approximate surface area is 134 Å². The minimum Gasteiger partial charge on any atom is -0.393 e. The highest BCUT2D eigenvalue weighted by Crippen LogP contribution is 2.24. The molecule has 0 aliphatic heterocycles. The number of aliphatic hydroxyl groups excluding tert-OH is 1. The predicted molar refractivity (Wildman–Crippen MR) is 95.8 cm³/mol. The molecule has 0 radical (unpaired) electrons. The van der Waals surface area contributed by atoms with Crippen molar-refractivity contribution in [1.82, 2.24) is 0 Å². The van der Waals surface area contributed by atoms with Crippen LogP contribution in [0.25, 0.3) is 0 Å². The summed E-state index contributed by atoms with van der Waals surface area (Å²) in [5.41, 5.74) is 0. The molecule has 0 bridgehead atoms. The molecule has 0 aliphatic carbocycles. The molecule has 0 saturated heterocycles. The molecule has 0 saturated carbocycles. The second-order valence-electron chi connectivity index (χ2n) is 6.88. The van der Waals surface area contributed by atoms with Crippen LogP contribution in [-0.4, -0.2) is 11.2 Å². The van der Waals surface area contributed by atoms with Gasteiger partial charge in [-0.05, 0) is 25.2 Å². The Morgan fingerprint density at radius 1 is 0.524 bits per heavy atom. The Kier molecular flexibility index (Phi) is 16.3. The van der Waals surface area contributed by atoms with Gasteiger partial charge in [-0.15, -0.1) is 0 Å². The quantitative estimate of drug-likeness (QED) is 0.308. The second-order valence-corrected chi connectivity index (χ2v) is 6.88. The molecule has 0 aliphatic rings. The van der Waals surface area contributed by atoms with Crippen molar-refractivity contribution < 1.29 is 5.11 Å². The molecule has 0 rings (SSSR count). The maximum absolute atomic E-state index is 10.4. The molecule has 0 fully saturated rings.